The lowest BCUT2D eigenvalue weighted by molar-refractivity contribution is 0.279. The molecule has 2 aromatic rings. The quantitative estimate of drug-likeness (QED) is 0.905. The molecule has 0 fully saturated rings. The van der Waals surface area contributed by atoms with Crippen LogP contribution < -0.4 is 0 Å². The second-order valence-electron chi connectivity index (χ2n) is 4.14. The summed E-state index contributed by atoms with van der Waals surface area (Å²) in [5, 5.41) is 9.17. The zero-order valence-corrected chi connectivity index (χ0v) is 10.4. The highest BCUT2D eigenvalue weighted by molar-refractivity contribution is 5.60. The maximum absolute atomic E-state index is 13.3. The van der Waals surface area contributed by atoms with Crippen molar-refractivity contribution in [3.05, 3.63) is 47.0 Å². The molecule has 1 heterocycles. The standard InChI is InChI=1S/C14H15FN2O/c1-3-13-10(8-18)7-16-14(17-13)12-6-11(15)5-4-9(12)2/h4-7,18H,3,8H2,1-2H3. The Hall–Kier alpha value is -1.81. The first-order valence-corrected chi connectivity index (χ1v) is 5.88. The maximum Gasteiger partial charge on any atom is 0.159 e. The van der Waals surface area contributed by atoms with Gasteiger partial charge in [-0.15, -0.1) is 0 Å². The first kappa shape index (κ1) is 12.6. The van der Waals surface area contributed by atoms with E-state index in [0.717, 1.165) is 16.8 Å². The summed E-state index contributed by atoms with van der Waals surface area (Å²) >= 11 is 0. The molecule has 18 heavy (non-hydrogen) atoms. The van der Waals surface area contributed by atoms with E-state index < -0.39 is 0 Å². The van der Waals surface area contributed by atoms with E-state index in [2.05, 4.69) is 9.97 Å². The SMILES string of the molecule is CCc1nc(-c2cc(F)ccc2C)ncc1CO. The number of aromatic nitrogens is 2. The Bertz CT molecular complexity index is 570. The van der Waals surface area contributed by atoms with E-state index in [1.165, 1.54) is 12.1 Å². The minimum absolute atomic E-state index is 0.0778. The Morgan fingerprint density at radius 3 is 2.78 bits per heavy atom. The molecule has 1 aromatic heterocycles. The van der Waals surface area contributed by atoms with Gasteiger partial charge in [0.15, 0.2) is 5.82 Å². The van der Waals surface area contributed by atoms with Crippen LogP contribution in [0.4, 0.5) is 4.39 Å². The van der Waals surface area contributed by atoms with Crippen LogP contribution in [0.1, 0.15) is 23.7 Å². The van der Waals surface area contributed by atoms with Gasteiger partial charge in [0, 0.05) is 23.0 Å². The number of halogens is 1. The van der Waals surface area contributed by atoms with Crippen LogP contribution in [0.2, 0.25) is 0 Å². The molecule has 2 rings (SSSR count). The number of hydrogen-bond acceptors (Lipinski definition) is 3. The summed E-state index contributed by atoms with van der Waals surface area (Å²) in [7, 11) is 0. The molecule has 0 bridgehead atoms. The van der Waals surface area contributed by atoms with E-state index in [-0.39, 0.29) is 12.4 Å². The van der Waals surface area contributed by atoms with E-state index in [0.29, 0.717) is 17.8 Å². The molecule has 0 spiro atoms. The molecule has 4 heteroatoms. The molecule has 0 amide bonds. The van der Waals surface area contributed by atoms with Crippen LogP contribution in [0.25, 0.3) is 11.4 Å². The van der Waals surface area contributed by atoms with E-state index in [9.17, 15) is 4.39 Å². The first-order valence-electron chi connectivity index (χ1n) is 5.88. The van der Waals surface area contributed by atoms with Gasteiger partial charge in [0.1, 0.15) is 5.82 Å². The minimum atomic E-state index is -0.302. The predicted octanol–water partition coefficient (Wildman–Crippen LogP) is 2.65. The highest BCUT2D eigenvalue weighted by Crippen LogP contribution is 2.22. The topological polar surface area (TPSA) is 46.0 Å². The zero-order chi connectivity index (χ0) is 13.1. The molecule has 0 saturated carbocycles. The molecule has 3 nitrogen and oxygen atoms in total. The number of rotatable bonds is 3. The molecule has 0 unspecified atom stereocenters. The Labute approximate surface area is 105 Å². The molecule has 0 aliphatic rings. The third-order valence-corrected chi connectivity index (χ3v) is 2.90. The Balaban J connectivity index is 2.54. The number of benzene rings is 1. The van der Waals surface area contributed by atoms with Gasteiger partial charge in [-0.1, -0.05) is 13.0 Å². The van der Waals surface area contributed by atoms with Crippen molar-refractivity contribution in [2.45, 2.75) is 26.9 Å². The van der Waals surface area contributed by atoms with Gasteiger partial charge in [0.25, 0.3) is 0 Å². The average molecular weight is 246 g/mol. The van der Waals surface area contributed by atoms with E-state index in [1.807, 2.05) is 13.8 Å². The Morgan fingerprint density at radius 2 is 2.11 bits per heavy atom. The summed E-state index contributed by atoms with van der Waals surface area (Å²) < 4.78 is 13.3. The molecule has 94 valence electrons. The van der Waals surface area contributed by atoms with Gasteiger partial charge in [-0.05, 0) is 31.0 Å². The maximum atomic E-state index is 13.3. The first-order chi connectivity index (χ1) is 8.65. The number of aliphatic hydroxyl groups is 1. The summed E-state index contributed by atoms with van der Waals surface area (Å²) in [6.45, 7) is 3.78. The van der Waals surface area contributed by atoms with Crippen LogP contribution in [-0.2, 0) is 13.0 Å². The Kier molecular flexibility index (Phi) is 3.67. The average Bonchev–Trinajstić information content (AvgIpc) is 2.40. The highest BCUT2D eigenvalue weighted by atomic mass is 19.1. The molecular formula is C14H15FN2O. The fourth-order valence-electron chi connectivity index (χ4n) is 1.85. The number of hydrogen-bond donors (Lipinski definition) is 1. The molecule has 0 aliphatic carbocycles. The summed E-state index contributed by atoms with van der Waals surface area (Å²) in [4.78, 5) is 8.59. The normalized spacial score (nSPS) is 10.7. The molecule has 0 atom stereocenters. The smallest absolute Gasteiger partial charge is 0.159 e. The lowest BCUT2D eigenvalue weighted by atomic mass is 10.1. The summed E-state index contributed by atoms with van der Waals surface area (Å²) in [5.41, 5.74) is 3.13. The number of aliphatic hydroxyl groups excluding tert-OH is 1. The molecule has 0 radical (unpaired) electrons. The molecule has 0 aliphatic heterocycles. The third kappa shape index (κ3) is 2.38. The summed E-state index contributed by atoms with van der Waals surface area (Å²) in [6.07, 6.45) is 2.31. The zero-order valence-electron chi connectivity index (χ0n) is 10.4. The third-order valence-electron chi connectivity index (χ3n) is 2.90. The number of aryl methyl sites for hydroxylation is 2. The summed E-state index contributed by atoms with van der Waals surface area (Å²) in [6, 6.07) is 4.56. The van der Waals surface area contributed by atoms with Crippen LogP contribution in [-0.4, -0.2) is 15.1 Å². The van der Waals surface area contributed by atoms with Gasteiger partial charge in [-0.2, -0.15) is 0 Å². The minimum Gasteiger partial charge on any atom is -0.392 e. The van der Waals surface area contributed by atoms with Crippen LogP contribution in [0.3, 0.4) is 0 Å². The van der Waals surface area contributed by atoms with Crippen molar-refractivity contribution in [3.63, 3.8) is 0 Å². The van der Waals surface area contributed by atoms with E-state index in [4.69, 9.17) is 5.11 Å². The fourth-order valence-corrected chi connectivity index (χ4v) is 1.85. The van der Waals surface area contributed by atoms with Crippen molar-refractivity contribution in [3.8, 4) is 11.4 Å². The highest BCUT2D eigenvalue weighted by Gasteiger charge is 2.09. The second-order valence-corrected chi connectivity index (χ2v) is 4.14. The largest absolute Gasteiger partial charge is 0.392 e. The van der Waals surface area contributed by atoms with Gasteiger partial charge in [-0.25, -0.2) is 14.4 Å². The van der Waals surface area contributed by atoms with Crippen molar-refractivity contribution in [2.24, 2.45) is 0 Å². The lowest BCUT2D eigenvalue weighted by Crippen LogP contribution is -2.01. The van der Waals surface area contributed by atoms with Gasteiger partial charge < -0.3 is 5.11 Å². The van der Waals surface area contributed by atoms with Crippen molar-refractivity contribution < 1.29 is 9.50 Å². The van der Waals surface area contributed by atoms with Crippen LogP contribution in [0.15, 0.2) is 24.4 Å². The van der Waals surface area contributed by atoms with Crippen molar-refractivity contribution in [1.29, 1.82) is 0 Å². The van der Waals surface area contributed by atoms with Crippen LogP contribution in [0, 0.1) is 12.7 Å². The molecule has 1 aromatic carbocycles. The van der Waals surface area contributed by atoms with Crippen LogP contribution in [0.5, 0.6) is 0 Å². The van der Waals surface area contributed by atoms with Crippen molar-refractivity contribution in [1.82, 2.24) is 9.97 Å². The van der Waals surface area contributed by atoms with Crippen LogP contribution >= 0.6 is 0 Å². The molecule has 0 saturated heterocycles. The van der Waals surface area contributed by atoms with E-state index >= 15 is 0 Å². The van der Waals surface area contributed by atoms with Gasteiger partial charge >= 0.3 is 0 Å². The predicted molar refractivity (Wildman–Crippen MR) is 67.5 cm³/mol. The van der Waals surface area contributed by atoms with Crippen molar-refractivity contribution in [2.75, 3.05) is 0 Å². The number of nitrogens with zero attached hydrogens (tertiary/aromatic N) is 2. The van der Waals surface area contributed by atoms with Gasteiger partial charge in [0.2, 0.25) is 0 Å². The lowest BCUT2D eigenvalue weighted by Gasteiger charge is -2.08. The molecular weight excluding hydrogens is 231 g/mol. The molecule has 1 N–H and O–H groups in total. The van der Waals surface area contributed by atoms with Gasteiger partial charge in [0.05, 0.1) is 6.61 Å². The van der Waals surface area contributed by atoms with Crippen molar-refractivity contribution >= 4 is 0 Å². The second kappa shape index (κ2) is 5.23. The van der Waals surface area contributed by atoms with Gasteiger partial charge in [-0.3, -0.25) is 0 Å². The van der Waals surface area contributed by atoms with E-state index in [1.54, 1.807) is 12.3 Å². The monoisotopic (exact) mass is 246 g/mol. The Morgan fingerprint density at radius 1 is 1.33 bits per heavy atom. The fraction of sp³-hybridized carbons (Fsp3) is 0.286. The summed E-state index contributed by atoms with van der Waals surface area (Å²) in [5.74, 6) is 0.199.